The molecule has 0 unspecified atom stereocenters. The smallest absolute Gasteiger partial charge is 0.325 e. The van der Waals surface area contributed by atoms with Crippen LogP contribution < -0.4 is 15.4 Å². The molecule has 8 heteroatoms. The second-order valence-corrected chi connectivity index (χ2v) is 6.45. The summed E-state index contributed by atoms with van der Waals surface area (Å²) in [6.07, 6.45) is 3.72. The van der Waals surface area contributed by atoms with Crippen LogP contribution in [0.15, 0.2) is 48.8 Å². The molecule has 4 amide bonds. The van der Waals surface area contributed by atoms with Gasteiger partial charge in [-0.15, -0.1) is 0 Å². The summed E-state index contributed by atoms with van der Waals surface area (Å²) < 4.78 is 5.10. The first-order valence-electron chi connectivity index (χ1n) is 8.97. The van der Waals surface area contributed by atoms with Crippen LogP contribution in [-0.4, -0.2) is 40.9 Å². The van der Waals surface area contributed by atoms with E-state index in [2.05, 4.69) is 15.6 Å². The van der Waals surface area contributed by atoms with Crippen molar-refractivity contribution in [1.29, 1.82) is 0 Å². The van der Waals surface area contributed by atoms with Crippen molar-refractivity contribution in [2.45, 2.75) is 32.0 Å². The number of carbonyl (C=O) groups is 3. The molecule has 8 nitrogen and oxygen atoms in total. The summed E-state index contributed by atoms with van der Waals surface area (Å²) in [5.41, 5.74) is 1.76. The fourth-order valence-corrected chi connectivity index (χ4v) is 2.90. The zero-order chi connectivity index (χ0) is 19.9. The van der Waals surface area contributed by atoms with Gasteiger partial charge in [-0.05, 0) is 41.8 Å². The van der Waals surface area contributed by atoms with Crippen LogP contribution in [0.1, 0.15) is 24.0 Å². The first-order valence-corrected chi connectivity index (χ1v) is 8.97. The second kappa shape index (κ2) is 8.98. The Morgan fingerprint density at radius 2 is 1.86 bits per heavy atom. The van der Waals surface area contributed by atoms with E-state index in [1.807, 2.05) is 12.1 Å². The summed E-state index contributed by atoms with van der Waals surface area (Å²) >= 11 is 0. The van der Waals surface area contributed by atoms with Crippen LogP contribution in [0.3, 0.4) is 0 Å². The predicted molar refractivity (Wildman–Crippen MR) is 101 cm³/mol. The zero-order valence-corrected chi connectivity index (χ0v) is 15.6. The van der Waals surface area contributed by atoms with Crippen molar-refractivity contribution >= 4 is 17.8 Å². The van der Waals surface area contributed by atoms with Gasteiger partial charge >= 0.3 is 6.03 Å². The van der Waals surface area contributed by atoms with Gasteiger partial charge in [0.25, 0.3) is 5.91 Å². The third-order valence-electron chi connectivity index (χ3n) is 4.51. The first kappa shape index (κ1) is 19.3. The molecule has 1 fully saturated rings. The number of urea groups is 1. The van der Waals surface area contributed by atoms with Gasteiger partial charge in [-0.1, -0.05) is 12.1 Å². The number of hydrogen-bond acceptors (Lipinski definition) is 5. The molecule has 3 rings (SSSR count). The highest BCUT2D eigenvalue weighted by atomic mass is 16.5. The minimum Gasteiger partial charge on any atom is -0.497 e. The summed E-state index contributed by atoms with van der Waals surface area (Å²) in [6, 6.07) is 9.67. The standard InChI is InChI=1S/C20H22N4O4/c1-28-16-4-2-15(3-5-16)13-24-19(26)17(23-20(24)27)6-7-18(25)22-12-14-8-10-21-11-9-14/h2-5,8-11,17H,6-7,12-13H2,1H3,(H,22,25)(H,23,27)/t17-/m1/s1. The van der Waals surface area contributed by atoms with Gasteiger partial charge in [0.15, 0.2) is 0 Å². The molecular weight excluding hydrogens is 360 g/mol. The Morgan fingerprint density at radius 3 is 2.54 bits per heavy atom. The molecule has 1 aromatic carbocycles. The molecular formula is C20H22N4O4. The van der Waals surface area contributed by atoms with Crippen molar-refractivity contribution in [3.63, 3.8) is 0 Å². The quantitative estimate of drug-likeness (QED) is 0.676. The van der Waals surface area contributed by atoms with E-state index < -0.39 is 12.1 Å². The molecule has 1 aromatic heterocycles. The number of benzene rings is 1. The lowest BCUT2D eigenvalue weighted by atomic mass is 10.1. The lowest BCUT2D eigenvalue weighted by Gasteiger charge is -2.13. The Labute approximate surface area is 162 Å². The van der Waals surface area contributed by atoms with E-state index in [9.17, 15) is 14.4 Å². The number of ether oxygens (including phenoxy) is 1. The third-order valence-corrected chi connectivity index (χ3v) is 4.51. The number of nitrogens with one attached hydrogen (secondary N) is 2. The van der Waals surface area contributed by atoms with Crippen molar-refractivity contribution in [3.8, 4) is 5.75 Å². The molecule has 1 saturated heterocycles. The highest BCUT2D eigenvalue weighted by molar-refractivity contribution is 6.04. The van der Waals surface area contributed by atoms with Gasteiger partial charge < -0.3 is 15.4 Å². The average molecular weight is 382 g/mol. The predicted octanol–water partition coefficient (Wildman–Crippen LogP) is 1.61. The first-order chi connectivity index (χ1) is 13.6. The number of carbonyl (C=O) groups excluding carboxylic acids is 3. The molecule has 1 aliphatic heterocycles. The maximum absolute atomic E-state index is 12.5. The molecule has 1 atom stereocenters. The van der Waals surface area contributed by atoms with E-state index in [-0.39, 0.29) is 31.2 Å². The molecule has 28 heavy (non-hydrogen) atoms. The molecule has 0 radical (unpaired) electrons. The SMILES string of the molecule is COc1ccc(CN2C(=O)N[C@H](CCC(=O)NCc3ccncc3)C2=O)cc1. The number of hydrogen-bond donors (Lipinski definition) is 2. The van der Waals surface area contributed by atoms with Crippen LogP contribution in [0.5, 0.6) is 5.75 Å². The average Bonchev–Trinajstić information content (AvgIpc) is 2.99. The number of rotatable bonds is 8. The number of aromatic nitrogens is 1. The number of amides is 4. The molecule has 1 aliphatic rings. The van der Waals surface area contributed by atoms with E-state index in [1.54, 1.807) is 43.8 Å². The topological polar surface area (TPSA) is 101 Å². The van der Waals surface area contributed by atoms with E-state index in [4.69, 9.17) is 4.74 Å². The summed E-state index contributed by atoms with van der Waals surface area (Å²) in [5, 5.41) is 5.44. The highest BCUT2D eigenvalue weighted by Crippen LogP contribution is 2.17. The van der Waals surface area contributed by atoms with Gasteiger partial charge in [0.1, 0.15) is 11.8 Å². The van der Waals surface area contributed by atoms with Gasteiger partial charge in [-0.2, -0.15) is 0 Å². The number of imide groups is 1. The van der Waals surface area contributed by atoms with E-state index in [1.165, 1.54) is 4.90 Å². The van der Waals surface area contributed by atoms with Crippen LogP contribution in [0.2, 0.25) is 0 Å². The van der Waals surface area contributed by atoms with Crippen molar-refractivity contribution < 1.29 is 19.1 Å². The summed E-state index contributed by atoms with van der Waals surface area (Å²) in [4.78, 5) is 41.8. The summed E-state index contributed by atoms with van der Waals surface area (Å²) in [6.45, 7) is 0.579. The van der Waals surface area contributed by atoms with Crippen molar-refractivity contribution in [3.05, 3.63) is 59.9 Å². The van der Waals surface area contributed by atoms with Gasteiger partial charge in [0, 0.05) is 25.4 Å². The van der Waals surface area contributed by atoms with Crippen molar-refractivity contribution in [2.24, 2.45) is 0 Å². The fraction of sp³-hybridized carbons (Fsp3) is 0.300. The fourth-order valence-electron chi connectivity index (χ4n) is 2.90. The molecule has 2 N–H and O–H groups in total. The lowest BCUT2D eigenvalue weighted by Crippen LogP contribution is -2.32. The van der Waals surface area contributed by atoms with E-state index in [0.29, 0.717) is 12.3 Å². The Morgan fingerprint density at radius 1 is 1.14 bits per heavy atom. The van der Waals surface area contributed by atoms with E-state index in [0.717, 1.165) is 11.1 Å². The maximum atomic E-state index is 12.5. The van der Waals surface area contributed by atoms with Gasteiger partial charge in [0.05, 0.1) is 13.7 Å². The molecule has 0 aliphatic carbocycles. The molecule has 146 valence electrons. The van der Waals surface area contributed by atoms with Crippen molar-refractivity contribution in [2.75, 3.05) is 7.11 Å². The van der Waals surface area contributed by atoms with Crippen molar-refractivity contribution in [1.82, 2.24) is 20.5 Å². The molecule has 2 aromatic rings. The lowest BCUT2D eigenvalue weighted by molar-refractivity contribution is -0.128. The summed E-state index contributed by atoms with van der Waals surface area (Å²) in [5.74, 6) is 0.215. The Balaban J connectivity index is 1.48. The molecule has 0 saturated carbocycles. The number of pyridine rings is 1. The minimum atomic E-state index is -0.683. The molecule has 0 bridgehead atoms. The van der Waals surface area contributed by atoms with Crippen LogP contribution in [0, 0.1) is 0 Å². The molecule has 0 spiro atoms. The van der Waals surface area contributed by atoms with Crippen LogP contribution in [0.25, 0.3) is 0 Å². The van der Waals surface area contributed by atoms with Gasteiger partial charge in [0.2, 0.25) is 5.91 Å². The van der Waals surface area contributed by atoms with Crippen LogP contribution in [0.4, 0.5) is 4.79 Å². The number of nitrogens with zero attached hydrogens (tertiary/aromatic N) is 2. The third kappa shape index (κ3) is 4.85. The maximum Gasteiger partial charge on any atom is 0.325 e. The minimum absolute atomic E-state index is 0.151. The van der Waals surface area contributed by atoms with E-state index >= 15 is 0 Å². The highest BCUT2D eigenvalue weighted by Gasteiger charge is 2.37. The Kier molecular flexibility index (Phi) is 6.21. The zero-order valence-electron chi connectivity index (χ0n) is 15.6. The number of methoxy groups -OCH3 is 1. The van der Waals surface area contributed by atoms with Gasteiger partial charge in [-0.25, -0.2) is 4.79 Å². The largest absolute Gasteiger partial charge is 0.497 e. The Bertz CT molecular complexity index is 839. The van der Waals surface area contributed by atoms with Crippen LogP contribution >= 0.6 is 0 Å². The van der Waals surface area contributed by atoms with Crippen LogP contribution in [-0.2, 0) is 22.7 Å². The van der Waals surface area contributed by atoms with Gasteiger partial charge in [-0.3, -0.25) is 19.5 Å². The normalized spacial score (nSPS) is 16.0. The monoisotopic (exact) mass is 382 g/mol. The summed E-state index contributed by atoms with van der Waals surface area (Å²) in [7, 11) is 1.57. The molecule has 2 heterocycles. The second-order valence-electron chi connectivity index (χ2n) is 6.45. The Hall–Kier alpha value is -3.42.